The third-order valence-electron chi connectivity index (χ3n) is 11.6. The summed E-state index contributed by atoms with van der Waals surface area (Å²) in [5.41, 5.74) is 9.21. The number of nitrogens with one attached hydrogen (secondary N) is 1. The van der Waals surface area contributed by atoms with Crippen LogP contribution >= 0.6 is 0 Å². The molecule has 4 aromatic carbocycles. The average Bonchev–Trinajstić information content (AvgIpc) is 3.87. The molecule has 0 saturated carbocycles. The summed E-state index contributed by atoms with van der Waals surface area (Å²) in [5, 5.41) is 8.49. The van der Waals surface area contributed by atoms with E-state index in [1.807, 2.05) is 0 Å². The molecule has 0 fully saturated rings. The van der Waals surface area contributed by atoms with E-state index < -0.39 is 5.66 Å². The molecule has 7 aromatic rings. The van der Waals surface area contributed by atoms with Gasteiger partial charge < -0.3 is 18.7 Å². The van der Waals surface area contributed by atoms with Crippen LogP contribution < -0.4 is 5.32 Å². The lowest BCUT2D eigenvalue weighted by Crippen LogP contribution is -2.45. The third-order valence-corrected chi connectivity index (χ3v) is 11.6. The van der Waals surface area contributed by atoms with Gasteiger partial charge in [0.15, 0.2) is 11.2 Å². The van der Waals surface area contributed by atoms with Gasteiger partial charge in [0, 0.05) is 57.0 Å². The average molecular weight is 679 g/mol. The number of aryl methyl sites for hydroxylation is 1. The lowest BCUT2D eigenvalue weighted by Gasteiger charge is -2.34. The van der Waals surface area contributed by atoms with E-state index in [4.69, 9.17) is 18.8 Å². The van der Waals surface area contributed by atoms with E-state index in [1.54, 1.807) is 0 Å². The summed E-state index contributed by atoms with van der Waals surface area (Å²) in [7, 11) is 0. The predicted molar refractivity (Wildman–Crippen MR) is 212 cm³/mol. The second kappa shape index (κ2) is 11.3. The van der Waals surface area contributed by atoms with Gasteiger partial charge in [-0.25, -0.2) is 9.98 Å². The standard InChI is InChI=1S/C46H38N4O2/c1-46(30-12-3-2-4-13-30)48-44(28-22-24-34-33-16-7-10-21-40(33)51-41(34)26-28)47-45(49-46)29-23-25-35-36-17-11-20-39(43(36)52-42(35)27-29)50-37-18-8-5-14-31(37)32-15-6-9-19-38(32)50/h5-9,11-12,14-20,22-26,29H,2-4,10,13,21,27H2,1H3,(H,47,48,49). The van der Waals surface area contributed by atoms with Crippen molar-refractivity contribution in [2.24, 2.45) is 15.9 Å². The third kappa shape index (κ3) is 4.49. The zero-order valence-electron chi connectivity index (χ0n) is 29.2. The molecule has 0 spiro atoms. The largest absolute Gasteiger partial charge is 0.460 e. The number of rotatable bonds is 4. The number of furan rings is 2. The molecule has 4 aliphatic rings. The van der Waals surface area contributed by atoms with Crippen LogP contribution in [-0.2, 0) is 12.8 Å². The van der Waals surface area contributed by atoms with E-state index in [1.165, 1.54) is 45.8 Å². The van der Waals surface area contributed by atoms with Crippen LogP contribution in [0.3, 0.4) is 0 Å². The first kappa shape index (κ1) is 29.8. The van der Waals surface area contributed by atoms with Gasteiger partial charge in [0.25, 0.3) is 0 Å². The fourth-order valence-electron chi connectivity index (χ4n) is 9.01. The Kier molecular flexibility index (Phi) is 6.48. The van der Waals surface area contributed by atoms with Crippen molar-refractivity contribution in [2.75, 3.05) is 0 Å². The minimum absolute atomic E-state index is 0.00330. The van der Waals surface area contributed by atoms with Crippen molar-refractivity contribution < 1.29 is 8.83 Å². The van der Waals surface area contributed by atoms with E-state index in [9.17, 15) is 0 Å². The number of aliphatic imine (C=N–C) groups is 2. The number of amidine groups is 2. The Morgan fingerprint density at radius 3 is 2.38 bits per heavy atom. The minimum Gasteiger partial charge on any atom is -0.460 e. The molecule has 6 heteroatoms. The molecule has 0 radical (unpaired) electrons. The number of aromatic nitrogens is 1. The van der Waals surface area contributed by atoms with Crippen molar-refractivity contribution in [2.45, 2.75) is 57.5 Å². The summed E-state index contributed by atoms with van der Waals surface area (Å²) < 4.78 is 15.7. The number of benzene rings is 4. The van der Waals surface area contributed by atoms with Crippen molar-refractivity contribution in [1.82, 2.24) is 9.88 Å². The van der Waals surface area contributed by atoms with Gasteiger partial charge in [0.1, 0.15) is 28.8 Å². The molecule has 6 nitrogen and oxygen atoms in total. The van der Waals surface area contributed by atoms with Crippen LogP contribution in [-0.4, -0.2) is 21.9 Å². The molecule has 1 aliphatic heterocycles. The summed E-state index contributed by atoms with van der Waals surface area (Å²) in [6.45, 7) is 2.18. The van der Waals surface area contributed by atoms with Gasteiger partial charge in [-0.15, -0.1) is 0 Å². The van der Waals surface area contributed by atoms with Crippen LogP contribution in [0, 0.1) is 5.92 Å². The van der Waals surface area contributed by atoms with Gasteiger partial charge in [-0.05, 0) is 74.9 Å². The maximum absolute atomic E-state index is 6.92. The molecular weight excluding hydrogens is 641 g/mol. The quantitative estimate of drug-likeness (QED) is 0.188. The molecule has 2 atom stereocenters. The number of fused-ring (bicyclic) bond motifs is 9. The monoisotopic (exact) mass is 678 g/mol. The molecule has 1 N–H and O–H groups in total. The van der Waals surface area contributed by atoms with E-state index >= 15 is 0 Å². The maximum atomic E-state index is 6.92. The SMILES string of the molecule is CC1(C2=CCCCC2)N=C(c2ccc3c4c(oc3c2)CCC=C4)NC(C2C=Cc3c(oc4c(-n5c6ccccc6c6ccccc65)cccc34)C2)=N1. The van der Waals surface area contributed by atoms with E-state index in [0.29, 0.717) is 6.42 Å². The zero-order valence-corrected chi connectivity index (χ0v) is 29.2. The second-order valence-electron chi connectivity index (χ2n) is 14.8. The van der Waals surface area contributed by atoms with E-state index in [2.05, 4.69) is 132 Å². The Bertz CT molecular complexity index is 2730. The molecule has 3 aliphatic carbocycles. The lowest BCUT2D eigenvalue weighted by atomic mass is 9.88. The molecule has 0 saturated heterocycles. The zero-order chi connectivity index (χ0) is 34.4. The summed E-state index contributed by atoms with van der Waals surface area (Å²) in [6.07, 6.45) is 18.5. The summed E-state index contributed by atoms with van der Waals surface area (Å²) >= 11 is 0. The van der Waals surface area contributed by atoms with Crippen LogP contribution in [0.15, 0.2) is 128 Å². The summed E-state index contributed by atoms with van der Waals surface area (Å²) in [6, 6.07) is 30.3. The Labute approximate surface area is 301 Å². The number of allylic oxidation sites excluding steroid dienone is 2. The maximum Gasteiger partial charge on any atom is 0.173 e. The van der Waals surface area contributed by atoms with Gasteiger partial charge in [-0.2, -0.15) is 0 Å². The normalized spacial score (nSPS) is 21.2. The Morgan fingerprint density at radius 2 is 1.56 bits per heavy atom. The molecule has 11 rings (SSSR count). The number of hydrogen-bond acceptors (Lipinski definition) is 5. The van der Waals surface area contributed by atoms with Crippen molar-refractivity contribution in [3.05, 3.63) is 137 Å². The molecular formula is C46H38N4O2. The van der Waals surface area contributed by atoms with Gasteiger partial charge in [0.05, 0.1) is 16.7 Å². The molecule has 3 aromatic heterocycles. The highest BCUT2D eigenvalue weighted by molar-refractivity contribution is 6.14. The van der Waals surface area contributed by atoms with Crippen LogP contribution in [0.5, 0.6) is 0 Å². The first-order valence-electron chi connectivity index (χ1n) is 18.7. The first-order chi connectivity index (χ1) is 25.6. The first-order valence-corrected chi connectivity index (χ1v) is 18.7. The number of nitrogens with zero attached hydrogens (tertiary/aromatic N) is 3. The van der Waals surface area contributed by atoms with Crippen LogP contribution in [0.2, 0.25) is 0 Å². The van der Waals surface area contributed by atoms with Crippen molar-refractivity contribution in [1.29, 1.82) is 0 Å². The number of hydrogen-bond donors (Lipinski definition) is 1. The predicted octanol–water partition coefficient (Wildman–Crippen LogP) is 11.1. The molecule has 52 heavy (non-hydrogen) atoms. The lowest BCUT2D eigenvalue weighted by molar-refractivity contribution is 0.503. The fourth-order valence-corrected chi connectivity index (χ4v) is 9.01. The van der Waals surface area contributed by atoms with Gasteiger partial charge >= 0.3 is 0 Å². The molecule has 4 heterocycles. The Morgan fingerprint density at radius 1 is 0.750 bits per heavy atom. The molecule has 0 bridgehead atoms. The molecule has 0 amide bonds. The minimum atomic E-state index is -0.678. The smallest absolute Gasteiger partial charge is 0.173 e. The van der Waals surface area contributed by atoms with Gasteiger partial charge in [-0.1, -0.05) is 85.0 Å². The summed E-state index contributed by atoms with van der Waals surface area (Å²) in [4.78, 5) is 10.8. The van der Waals surface area contributed by atoms with Gasteiger partial charge in [0.2, 0.25) is 0 Å². The topological polar surface area (TPSA) is 68.0 Å². The highest BCUT2D eigenvalue weighted by atomic mass is 16.3. The van der Waals surface area contributed by atoms with Crippen LogP contribution in [0.25, 0.3) is 61.6 Å². The number of para-hydroxylation sites is 3. The fraction of sp³-hybridized carbons (Fsp3) is 0.217. The highest BCUT2D eigenvalue weighted by Gasteiger charge is 2.36. The van der Waals surface area contributed by atoms with Crippen molar-refractivity contribution >= 4 is 67.6 Å². The highest BCUT2D eigenvalue weighted by Crippen LogP contribution is 2.41. The van der Waals surface area contributed by atoms with E-state index in [-0.39, 0.29) is 5.92 Å². The van der Waals surface area contributed by atoms with Crippen LogP contribution in [0.1, 0.15) is 67.2 Å². The second-order valence-corrected chi connectivity index (χ2v) is 14.8. The van der Waals surface area contributed by atoms with Crippen LogP contribution in [0.4, 0.5) is 0 Å². The van der Waals surface area contributed by atoms with Crippen molar-refractivity contribution in [3.8, 4) is 5.69 Å². The van der Waals surface area contributed by atoms with Crippen molar-refractivity contribution in [3.63, 3.8) is 0 Å². The summed E-state index contributed by atoms with van der Waals surface area (Å²) in [5.74, 6) is 3.82. The van der Waals surface area contributed by atoms with Gasteiger partial charge in [-0.3, -0.25) is 0 Å². The van der Waals surface area contributed by atoms with E-state index in [0.717, 1.165) is 87.6 Å². The molecule has 254 valence electrons. The molecule has 2 unspecified atom stereocenters. The Balaban J connectivity index is 0.991. The Hall–Kier alpha value is -5.88.